The van der Waals surface area contributed by atoms with E-state index >= 15 is 0 Å². The summed E-state index contributed by atoms with van der Waals surface area (Å²) in [5.74, 6) is 0.435. The van der Waals surface area contributed by atoms with Crippen molar-refractivity contribution in [3.8, 4) is 5.75 Å². The van der Waals surface area contributed by atoms with Crippen LogP contribution in [0, 0.1) is 5.82 Å². The fourth-order valence-corrected chi connectivity index (χ4v) is 1.57. The number of halogens is 2. The first-order valence-electron chi connectivity index (χ1n) is 7.29. The van der Waals surface area contributed by atoms with Crippen LogP contribution in [0.5, 0.6) is 5.75 Å². The number of nitrogens with two attached hydrogens (primary N) is 1. The second-order valence-corrected chi connectivity index (χ2v) is 4.62. The van der Waals surface area contributed by atoms with Crippen molar-refractivity contribution in [3.63, 3.8) is 0 Å². The Labute approximate surface area is 153 Å². The maximum Gasteiger partial charge on any atom is 0.188 e. The normalized spacial score (nSPS) is 12.4. The molecule has 1 rings (SSSR count). The summed E-state index contributed by atoms with van der Waals surface area (Å²) in [6.07, 6.45) is 0.0501. The summed E-state index contributed by atoms with van der Waals surface area (Å²) in [5, 5.41) is 12.7. The van der Waals surface area contributed by atoms with Gasteiger partial charge in [-0.05, 0) is 37.6 Å². The molecule has 0 saturated heterocycles. The molecular formula is C15H25FIN3O3. The minimum absolute atomic E-state index is 0. The molecular weight excluding hydrogens is 416 g/mol. The molecule has 0 aliphatic heterocycles. The first-order chi connectivity index (χ1) is 10.6. The van der Waals surface area contributed by atoms with E-state index in [-0.39, 0.29) is 48.9 Å². The van der Waals surface area contributed by atoms with Crippen molar-refractivity contribution in [3.05, 3.63) is 30.1 Å². The summed E-state index contributed by atoms with van der Waals surface area (Å²) in [6.45, 7) is 4.17. The molecule has 8 heteroatoms. The lowest BCUT2D eigenvalue weighted by Gasteiger charge is -2.11. The van der Waals surface area contributed by atoms with Crippen LogP contribution in [0.2, 0.25) is 0 Å². The number of rotatable bonds is 10. The SMILES string of the molecule is CCOCCCNC(N)=NCC(O)COc1ccc(F)cc1.I. The number of ether oxygens (including phenoxy) is 2. The van der Waals surface area contributed by atoms with Crippen LogP contribution >= 0.6 is 24.0 Å². The highest BCUT2D eigenvalue weighted by Gasteiger charge is 2.05. The van der Waals surface area contributed by atoms with E-state index in [0.717, 1.165) is 6.42 Å². The fraction of sp³-hybridized carbons (Fsp3) is 0.533. The average molecular weight is 441 g/mol. The lowest BCUT2D eigenvalue weighted by molar-refractivity contribution is 0.114. The minimum Gasteiger partial charge on any atom is -0.491 e. The van der Waals surface area contributed by atoms with Crippen LogP contribution in [0.25, 0.3) is 0 Å². The van der Waals surface area contributed by atoms with E-state index in [2.05, 4.69) is 10.3 Å². The molecule has 0 spiro atoms. The van der Waals surface area contributed by atoms with E-state index < -0.39 is 6.10 Å². The number of guanidine groups is 1. The second-order valence-electron chi connectivity index (χ2n) is 4.62. The first-order valence-corrected chi connectivity index (χ1v) is 7.29. The van der Waals surface area contributed by atoms with Gasteiger partial charge in [-0.1, -0.05) is 0 Å². The molecule has 0 aliphatic carbocycles. The third-order valence-electron chi connectivity index (χ3n) is 2.70. The number of hydrogen-bond donors (Lipinski definition) is 3. The fourth-order valence-electron chi connectivity index (χ4n) is 1.57. The summed E-state index contributed by atoms with van der Waals surface area (Å²) >= 11 is 0. The Balaban J connectivity index is 0.00000484. The molecule has 1 aromatic carbocycles. The highest BCUT2D eigenvalue weighted by Crippen LogP contribution is 2.11. The molecule has 6 nitrogen and oxygen atoms in total. The average Bonchev–Trinajstić information content (AvgIpc) is 2.52. The molecule has 0 saturated carbocycles. The van der Waals surface area contributed by atoms with Gasteiger partial charge in [0.05, 0.1) is 6.54 Å². The number of hydrogen-bond acceptors (Lipinski definition) is 4. The summed E-state index contributed by atoms with van der Waals surface area (Å²) in [7, 11) is 0. The number of aliphatic hydroxyl groups is 1. The van der Waals surface area contributed by atoms with Crippen LogP contribution in [-0.2, 0) is 4.74 Å². The third-order valence-corrected chi connectivity index (χ3v) is 2.70. The zero-order chi connectivity index (χ0) is 16.2. The maximum atomic E-state index is 12.7. The van der Waals surface area contributed by atoms with E-state index in [1.165, 1.54) is 24.3 Å². The van der Waals surface area contributed by atoms with Crippen molar-refractivity contribution < 1.29 is 19.0 Å². The quantitative estimate of drug-likeness (QED) is 0.222. The van der Waals surface area contributed by atoms with Crippen LogP contribution in [0.15, 0.2) is 29.3 Å². The highest BCUT2D eigenvalue weighted by molar-refractivity contribution is 14.0. The first kappa shape index (κ1) is 21.9. The number of nitrogens with one attached hydrogen (secondary N) is 1. The molecule has 0 radical (unpaired) electrons. The van der Waals surface area contributed by atoms with Crippen molar-refractivity contribution in [1.82, 2.24) is 5.32 Å². The van der Waals surface area contributed by atoms with Crippen LogP contribution in [0.1, 0.15) is 13.3 Å². The molecule has 0 amide bonds. The van der Waals surface area contributed by atoms with Gasteiger partial charge in [0.2, 0.25) is 0 Å². The molecule has 0 bridgehead atoms. The van der Waals surface area contributed by atoms with Gasteiger partial charge < -0.3 is 25.6 Å². The lowest BCUT2D eigenvalue weighted by atomic mass is 10.3. The third kappa shape index (κ3) is 11.1. The molecule has 1 aromatic rings. The minimum atomic E-state index is -0.783. The molecule has 4 N–H and O–H groups in total. The van der Waals surface area contributed by atoms with E-state index in [4.69, 9.17) is 15.2 Å². The van der Waals surface area contributed by atoms with Gasteiger partial charge in [-0.2, -0.15) is 0 Å². The van der Waals surface area contributed by atoms with Gasteiger partial charge >= 0.3 is 0 Å². The largest absolute Gasteiger partial charge is 0.491 e. The number of aliphatic imine (C=N–C) groups is 1. The van der Waals surface area contributed by atoms with Crippen LogP contribution in [0.3, 0.4) is 0 Å². The predicted octanol–water partition coefficient (Wildman–Crippen LogP) is 1.51. The Morgan fingerprint density at radius 1 is 1.39 bits per heavy atom. The Morgan fingerprint density at radius 2 is 2.09 bits per heavy atom. The Morgan fingerprint density at radius 3 is 2.74 bits per heavy atom. The standard InChI is InChI=1S/C15H24FN3O3.HI/c1-2-21-9-3-8-18-15(17)19-10-13(20)11-22-14-6-4-12(16)5-7-14;/h4-7,13,20H,2-3,8-11H2,1H3,(H3,17,18,19);1H. The van der Waals surface area contributed by atoms with E-state index in [9.17, 15) is 9.50 Å². The van der Waals surface area contributed by atoms with Crippen molar-refractivity contribution in [2.24, 2.45) is 10.7 Å². The van der Waals surface area contributed by atoms with Gasteiger partial charge in [0.25, 0.3) is 0 Å². The van der Waals surface area contributed by atoms with Gasteiger partial charge in [-0.15, -0.1) is 24.0 Å². The number of aliphatic hydroxyl groups excluding tert-OH is 1. The molecule has 23 heavy (non-hydrogen) atoms. The van der Waals surface area contributed by atoms with E-state index in [0.29, 0.717) is 25.5 Å². The van der Waals surface area contributed by atoms with Gasteiger partial charge in [0, 0.05) is 19.8 Å². The van der Waals surface area contributed by atoms with Gasteiger partial charge in [-0.3, -0.25) is 4.99 Å². The van der Waals surface area contributed by atoms with Crippen molar-refractivity contribution in [2.45, 2.75) is 19.4 Å². The summed E-state index contributed by atoms with van der Waals surface area (Å²) in [6, 6.07) is 5.59. The van der Waals surface area contributed by atoms with Gasteiger partial charge in [-0.25, -0.2) is 4.39 Å². The van der Waals surface area contributed by atoms with Crippen LogP contribution in [-0.4, -0.2) is 50.1 Å². The molecule has 1 atom stereocenters. The molecule has 1 unspecified atom stereocenters. The van der Waals surface area contributed by atoms with Gasteiger partial charge in [0.15, 0.2) is 5.96 Å². The number of nitrogens with zero attached hydrogens (tertiary/aromatic N) is 1. The second kappa shape index (κ2) is 13.3. The molecule has 132 valence electrons. The van der Waals surface area contributed by atoms with Crippen molar-refractivity contribution in [2.75, 3.05) is 32.9 Å². The van der Waals surface area contributed by atoms with Crippen molar-refractivity contribution in [1.29, 1.82) is 0 Å². The predicted molar refractivity (Wildman–Crippen MR) is 98.9 cm³/mol. The van der Waals surface area contributed by atoms with Crippen molar-refractivity contribution >= 4 is 29.9 Å². The Hall–Kier alpha value is -1.13. The molecule has 0 heterocycles. The summed E-state index contributed by atoms with van der Waals surface area (Å²) in [5.41, 5.74) is 5.67. The smallest absolute Gasteiger partial charge is 0.188 e. The molecule has 0 aliphatic rings. The summed E-state index contributed by atoms with van der Waals surface area (Å²) in [4.78, 5) is 4.02. The molecule has 0 fully saturated rings. The highest BCUT2D eigenvalue weighted by atomic mass is 127. The molecule has 0 aromatic heterocycles. The Bertz CT molecular complexity index is 446. The van der Waals surface area contributed by atoms with Crippen LogP contribution in [0.4, 0.5) is 4.39 Å². The number of benzene rings is 1. The van der Waals surface area contributed by atoms with E-state index in [1.54, 1.807) is 0 Å². The zero-order valence-corrected chi connectivity index (χ0v) is 15.5. The zero-order valence-electron chi connectivity index (χ0n) is 13.2. The van der Waals surface area contributed by atoms with Crippen LogP contribution < -0.4 is 15.8 Å². The lowest BCUT2D eigenvalue weighted by Crippen LogP contribution is -2.34. The van der Waals surface area contributed by atoms with E-state index in [1.807, 2.05) is 6.92 Å². The topological polar surface area (TPSA) is 89.1 Å². The summed E-state index contributed by atoms with van der Waals surface area (Å²) < 4.78 is 23.2. The Kier molecular flexibility index (Phi) is 12.7. The maximum absolute atomic E-state index is 12.7. The monoisotopic (exact) mass is 441 g/mol. The van der Waals surface area contributed by atoms with Gasteiger partial charge in [0.1, 0.15) is 24.3 Å².